The van der Waals surface area contributed by atoms with Gasteiger partial charge in [0.25, 0.3) is 0 Å². The van der Waals surface area contributed by atoms with Crippen LogP contribution in [-0.4, -0.2) is 9.55 Å². The molecular weight excluding hydrogens is 520 g/mol. The van der Waals surface area contributed by atoms with Gasteiger partial charge in [0, 0.05) is 5.69 Å². The lowest BCUT2D eigenvalue weighted by Gasteiger charge is -2.18. The van der Waals surface area contributed by atoms with E-state index in [-0.39, 0.29) is 0 Å². The first kappa shape index (κ1) is 25.0. The van der Waals surface area contributed by atoms with Crippen LogP contribution in [0.5, 0.6) is 0 Å². The number of fused-ring (bicyclic) bond motifs is 3. The van der Waals surface area contributed by atoms with E-state index in [1.54, 1.807) is 0 Å². The maximum atomic E-state index is 4.78. The SMILES string of the molecule is C=Cc1nc2ccccc2n1-c1ccc(-c2c3ccccc3c(-c3ccc(-c4ccccc4)cc3)c3ccccc23)cc1. The molecule has 1 heterocycles. The quantitative estimate of drug-likeness (QED) is 0.196. The minimum atomic E-state index is 0.840. The van der Waals surface area contributed by atoms with Gasteiger partial charge in [0.05, 0.1) is 11.0 Å². The van der Waals surface area contributed by atoms with Crippen molar-refractivity contribution in [1.29, 1.82) is 0 Å². The molecule has 8 aromatic rings. The first-order valence-corrected chi connectivity index (χ1v) is 14.6. The van der Waals surface area contributed by atoms with Crippen molar-refractivity contribution in [3.05, 3.63) is 164 Å². The molecule has 0 aliphatic carbocycles. The molecule has 0 N–H and O–H groups in total. The van der Waals surface area contributed by atoms with Crippen LogP contribution >= 0.6 is 0 Å². The molecule has 0 radical (unpaired) electrons. The van der Waals surface area contributed by atoms with Gasteiger partial charge in [-0.15, -0.1) is 0 Å². The molecule has 0 fully saturated rings. The van der Waals surface area contributed by atoms with E-state index in [1.165, 1.54) is 54.9 Å². The van der Waals surface area contributed by atoms with Crippen molar-refractivity contribution in [1.82, 2.24) is 9.55 Å². The molecule has 0 saturated carbocycles. The molecule has 0 saturated heterocycles. The van der Waals surface area contributed by atoms with Crippen LogP contribution < -0.4 is 0 Å². The number of hydrogen-bond donors (Lipinski definition) is 0. The fourth-order valence-electron chi connectivity index (χ4n) is 6.44. The Bertz CT molecular complexity index is 2220. The van der Waals surface area contributed by atoms with Crippen LogP contribution in [0.25, 0.3) is 77.7 Å². The predicted molar refractivity (Wildman–Crippen MR) is 182 cm³/mol. The summed E-state index contributed by atoms with van der Waals surface area (Å²) in [4.78, 5) is 4.78. The average Bonchev–Trinajstić information content (AvgIpc) is 3.47. The summed E-state index contributed by atoms with van der Waals surface area (Å²) in [5, 5.41) is 5.00. The van der Waals surface area contributed by atoms with E-state index < -0.39 is 0 Å². The molecule has 7 aromatic carbocycles. The maximum absolute atomic E-state index is 4.78. The zero-order valence-corrected chi connectivity index (χ0v) is 23.6. The molecule has 8 rings (SSSR count). The van der Waals surface area contributed by atoms with Crippen molar-refractivity contribution in [3.63, 3.8) is 0 Å². The maximum Gasteiger partial charge on any atom is 0.137 e. The number of nitrogens with zero attached hydrogens (tertiary/aromatic N) is 2. The third kappa shape index (κ3) is 4.15. The minimum Gasteiger partial charge on any atom is -0.293 e. The van der Waals surface area contributed by atoms with Gasteiger partial charge in [0.2, 0.25) is 0 Å². The molecule has 2 nitrogen and oxygen atoms in total. The van der Waals surface area contributed by atoms with Gasteiger partial charge in [0.1, 0.15) is 5.82 Å². The normalized spacial score (nSPS) is 11.3. The third-order valence-electron chi connectivity index (χ3n) is 8.40. The monoisotopic (exact) mass is 548 g/mol. The minimum absolute atomic E-state index is 0.840. The van der Waals surface area contributed by atoms with Gasteiger partial charge in [0.15, 0.2) is 0 Å². The van der Waals surface area contributed by atoms with Gasteiger partial charge >= 0.3 is 0 Å². The van der Waals surface area contributed by atoms with E-state index >= 15 is 0 Å². The fourth-order valence-corrected chi connectivity index (χ4v) is 6.44. The molecule has 2 heteroatoms. The number of benzene rings is 7. The second-order valence-electron chi connectivity index (χ2n) is 10.8. The lowest BCUT2D eigenvalue weighted by Crippen LogP contribution is -1.97. The molecular formula is C41H28N2. The van der Waals surface area contributed by atoms with E-state index in [4.69, 9.17) is 4.98 Å². The highest BCUT2D eigenvalue weighted by Crippen LogP contribution is 2.44. The first-order chi connectivity index (χ1) is 21.3. The summed E-state index contributed by atoms with van der Waals surface area (Å²) in [6, 6.07) is 54.2. The zero-order valence-electron chi connectivity index (χ0n) is 23.6. The van der Waals surface area contributed by atoms with E-state index in [9.17, 15) is 0 Å². The highest BCUT2D eigenvalue weighted by Gasteiger charge is 2.17. The summed E-state index contributed by atoms with van der Waals surface area (Å²) in [6.45, 7) is 4.02. The molecule has 0 spiro atoms. The molecule has 0 unspecified atom stereocenters. The van der Waals surface area contributed by atoms with Crippen LogP contribution in [0.1, 0.15) is 5.82 Å². The summed E-state index contributed by atoms with van der Waals surface area (Å²) in [7, 11) is 0. The second-order valence-corrected chi connectivity index (χ2v) is 10.8. The topological polar surface area (TPSA) is 17.8 Å². The third-order valence-corrected chi connectivity index (χ3v) is 8.40. The number of para-hydroxylation sites is 2. The van der Waals surface area contributed by atoms with Crippen LogP contribution in [0.3, 0.4) is 0 Å². The molecule has 0 bridgehead atoms. The molecule has 0 aliphatic rings. The molecule has 0 atom stereocenters. The smallest absolute Gasteiger partial charge is 0.137 e. The van der Waals surface area contributed by atoms with Crippen LogP contribution in [0.4, 0.5) is 0 Å². The zero-order chi connectivity index (χ0) is 28.8. The van der Waals surface area contributed by atoms with E-state index in [2.05, 4.69) is 151 Å². The van der Waals surface area contributed by atoms with Crippen molar-refractivity contribution >= 4 is 38.7 Å². The predicted octanol–water partition coefficient (Wildman–Crippen LogP) is 11.0. The second kappa shape index (κ2) is 10.3. The number of rotatable bonds is 5. The van der Waals surface area contributed by atoms with Gasteiger partial charge in [-0.1, -0.05) is 134 Å². The Morgan fingerprint density at radius 2 is 0.884 bits per heavy atom. The van der Waals surface area contributed by atoms with E-state index in [0.29, 0.717) is 0 Å². The molecule has 0 aliphatic heterocycles. The highest BCUT2D eigenvalue weighted by molar-refractivity contribution is 6.21. The lowest BCUT2D eigenvalue weighted by atomic mass is 9.85. The molecule has 0 amide bonds. The van der Waals surface area contributed by atoms with Crippen LogP contribution in [0.15, 0.2) is 158 Å². The van der Waals surface area contributed by atoms with E-state index in [1.807, 2.05) is 18.2 Å². The van der Waals surface area contributed by atoms with E-state index in [0.717, 1.165) is 22.5 Å². The number of hydrogen-bond acceptors (Lipinski definition) is 1. The Labute approximate surface area is 250 Å². The standard InChI is InChI=1S/C41H28N2/c1-2-39-42-37-18-10-11-19-38(37)43(39)32-26-24-31(25-27-32)41-35-16-8-6-14-33(35)40(34-15-7-9-17-36(34)41)30-22-20-29(21-23-30)28-12-4-3-5-13-28/h2-27H,1H2. The number of imidazole rings is 1. The molecule has 202 valence electrons. The Hall–Kier alpha value is -5.73. The van der Waals surface area contributed by atoms with Crippen molar-refractivity contribution in [2.75, 3.05) is 0 Å². The van der Waals surface area contributed by atoms with Gasteiger partial charge in [-0.2, -0.15) is 0 Å². The lowest BCUT2D eigenvalue weighted by molar-refractivity contribution is 1.07. The van der Waals surface area contributed by atoms with Crippen LogP contribution in [0, 0.1) is 0 Å². The Morgan fingerprint density at radius 3 is 1.44 bits per heavy atom. The fraction of sp³-hybridized carbons (Fsp3) is 0. The average molecular weight is 549 g/mol. The van der Waals surface area contributed by atoms with Crippen molar-refractivity contribution in [2.45, 2.75) is 0 Å². The summed E-state index contributed by atoms with van der Waals surface area (Å²) in [5.74, 6) is 0.840. The van der Waals surface area contributed by atoms with Gasteiger partial charge in [-0.25, -0.2) is 4.98 Å². The van der Waals surface area contributed by atoms with Gasteiger partial charge in [-0.3, -0.25) is 4.57 Å². The number of aromatic nitrogens is 2. The van der Waals surface area contributed by atoms with Crippen molar-refractivity contribution in [2.24, 2.45) is 0 Å². The van der Waals surface area contributed by atoms with Crippen LogP contribution in [0.2, 0.25) is 0 Å². The van der Waals surface area contributed by atoms with Crippen molar-refractivity contribution < 1.29 is 0 Å². The summed E-state index contributed by atoms with van der Waals surface area (Å²) in [6.07, 6.45) is 1.82. The van der Waals surface area contributed by atoms with Gasteiger partial charge < -0.3 is 0 Å². The Balaban J connectivity index is 1.31. The molecule has 1 aromatic heterocycles. The molecule has 43 heavy (non-hydrogen) atoms. The summed E-state index contributed by atoms with van der Waals surface area (Å²) in [5.41, 5.74) is 10.5. The summed E-state index contributed by atoms with van der Waals surface area (Å²) >= 11 is 0. The highest BCUT2D eigenvalue weighted by atomic mass is 15.1. The summed E-state index contributed by atoms with van der Waals surface area (Å²) < 4.78 is 2.17. The first-order valence-electron chi connectivity index (χ1n) is 14.6. The van der Waals surface area contributed by atoms with Crippen molar-refractivity contribution in [3.8, 4) is 39.1 Å². The largest absolute Gasteiger partial charge is 0.293 e. The van der Waals surface area contributed by atoms with Gasteiger partial charge in [-0.05, 0) is 85.3 Å². The Kier molecular flexibility index (Phi) is 5.98. The Morgan fingerprint density at radius 1 is 0.442 bits per heavy atom. The van der Waals surface area contributed by atoms with Crippen LogP contribution in [-0.2, 0) is 0 Å².